The van der Waals surface area contributed by atoms with E-state index in [2.05, 4.69) is 12.1 Å². The second-order valence-electron chi connectivity index (χ2n) is 3.56. The van der Waals surface area contributed by atoms with Gasteiger partial charge in [0.2, 0.25) is 0 Å². The van der Waals surface area contributed by atoms with Gasteiger partial charge >= 0.3 is 0 Å². The Morgan fingerprint density at radius 1 is 1.31 bits per heavy atom. The number of rotatable bonds is 4. The maximum atomic E-state index is 8.94. The molecule has 0 aliphatic rings. The number of benzene rings is 1. The molecule has 13 heavy (non-hydrogen) atoms. The van der Waals surface area contributed by atoms with Crippen LogP contribution in [0.5, 0.6) is 0 Å². The zero-order valence-corrected chi connectivity index (χ0v) is 8.59. The van der Waals surface area contributed by atoms with Gasteiger partial charge in [-0.1, -0.05) is 30.3 Å². The molecule has 0 aromatic heterocycles. The van der Waals surface area contributed by atoms with Crippen LogP contribution in [0.3, 0.4) is 0 Å². The van der Waals surface area contributed by atoms with Gasteiger partial charge in [-0.15, -0.1) is 11.6 Å². The molecule has 0 saturated heterocycles. The number of aryl methyl sites for hydroxylation is 1. The van der Waals surface area contributed by atoms with Gasteiger partial charge in [-0.05, 0) is 25.3 Å². The number of aliphatic hydroxyl groups excluding tert-OH is 1. The lowest BCUT2D eigenvalue weighted by atomic mass is 10.0. The molecule has 0 heterocycles. The molecule has 0 spiro atoms. The summed E-state index contributed by atoms with van der Waals surface area (Å²) in [6.45, 7) is 1.89. The van der Waals surface area contributed by atoms with Crippen LogP contribution in [0.25, 0.3) is 0 Å². The van der Waals surface area contributed by atoms with Crippen LogP contribution in [-0.4, -0.2) is 16.6 Å². The van der Waals surface area contributed by atoms with Crippen molar-refractivity contribution in [2.24, 2.45) is 0 Å². The summed E-state index contributed by atoms with van der Waals surface area (Å²) in [5.41, 5.74) is 1.27. The first kappa shape index (κ1) is 10.6. The summed E-state index contributed by atoms with van der Waals surface area (Å²) in [6, 6.07) is 10.2. The smallest absolute Gasteiger partial charge is 0.0652 e. The Morgan fingerprint density at radius 2 is 1.92 bits per heavy atom. The predicted octanol–water partition coefficient (Wildman–Crippen LogP) is 2.61. The zero-order valence-electron chi connectivity index (χ0n) is 7.83. The van der Waals surface area contributed by atoms with Crippen molar-refractivity contribution < 1.29 is 5.11 Å². The molecule has 2 heteroatoms. The normalized spacial score (nSPS) is 15.3. The monoisotopic (exact) mass is 198 g/mol. The minimum Gasteiger partial charge on any atom is -0.395 e. The van der Waals surface area contributed by atoms with Gasteiger partial charge in [-0.3, -0.25) is 0 Å². The molecule has 0 aliphatic heterocycles. The third kappa shape index (κ3) is 3.79. The van der Waals surface area contributed by atoms with Crippen LogP contribution < -0.4 is 0 Å². The Morgan fingerprint density at radius 3 is 2.46 bits per heavy atom. The minimum absolute atomic E-state index is 0.0292. The van der Waals surface area contributed by atoms with Crippen LogP contribution in [0.1, 0.15) is 18.9 Å². The molecule has 1 N–H and O–H groups in total. The minimum atomic E-state index is -0.476. The first-order chi connectivity index (χ1) is 6.14. The van der Waals surface area contributed by atoms with E-state index in [0.717, 1.165) is 12.8 Å². The highest BCUT2D eigenvalue weighted by Gasteiger charge is 2.18. The molecule has 0 amide bonds. The molecule has 1 aromatic rings. The van der Waals surface area contributed by atoms with E-state index in [9.17, 15) is 0 Å². The molecule has 1 nitrogen and oxygen atoms in total. The van der Waals surface area contributed by atoms with E-state index >= 15 is 0 Å². The number of halogens is 1. The fourth-order valence-electron chi connectivity index (χ4n) is 1.13. The molecule has 1 atom stereocenters. The Balaban J connectivity index is 2.44. The van der Waals surface area contributed by atoms with Crippen LogP contribution in [-0.2, 0) is 6.42 Å². The van der Waals surface area contributed by atoms with Crippen LogP contribution in [0, 0.1) is 0 Å². The number of aliphatic hydroxyl groups is 1. The van der Waals surface area contributed by atoms with Gasteiger partial charge in [0.05, 0.1) is 11.5 Å². The van der Waals surface area contributed by atoms with E-state index in [1.165, 1.54) is 5.56 Å². The Hall–Kier alpha value is -0.530. The van der Waals surface area contributed by atoms with Crippen LogP contribution >= 0.6 is 11.6 Å². The van der Waals surface area contributed by atoms with Gasteiger partial charge in [-0.25, -0.2) is 0 Å². The summed E-state index contributed by atoms with van der Waals surface area (Å²) in [6.07, 6.45) is 1.72. The molecular weight excluding hydrogens is 184 g/mol. The van der Waals surface area contributed by atoms with Crippen LogP contribution in [0.4, 0.5) is 0 Å². The quantitative estimate of drug-likeness (QED) is 0.738. The third-order valence-electron chi connectivity index (χ3n) is 2.11. The molecule has 0 saturated carbocycles. The summed E-state index contributed by atoms with van der Waals surface area (Å²) in [5, 5.41) is 8.94. The second kappa shape index (κ2) is 4.64. The Kier molecular flexibility index (Phi) is 3.76. The lowest BCUT2D eigenvalue weighted by Crippen LogP contribution is -2.22. The lowest BCUT2D eigenvalue weighted by Gasteiger charge is -2.18. The van der Waals surface area contributed by atoms with Gasteiger partial charge in [0.1, 0.15) is 0 Å². The Labute approximate surface area is 84.4 Å². The fourth-order valence-corrected chi connectivity index (χ4v) is 1.22. The van der Waals surface area contributed by atoms with Gasteiger partial charge in [0.25, 0.3) is 0 Å². The molecular formula is C11H15ClO. The third-order valence-corrected chi connectivity index (χ3v) is 2.42. The highest BCUT2D eigenvalue weighted by Crippen LogP contribution is 2.20. The van der Waals surface area contributed by atoms with E-state index in [4.69, 9.17) is 16.7 Å². The fraction of sp³-hybridized carbons (Fsp3) is 0.455. The predicted molar refractivity (Wildman–Crippen MR) is 56.1 cm³/mol. The van der Waals surface area contributed by atoms with Crippen molar-refractivity contribution in [3.8, 4) is 0 Å². The van der Waals surface area contributed by atoms with Crippen molar-refractivity contribution in [1.82, 2.24) is 0 Å². The SMILES string of the molecule is CC(Cl)(CO)CCc1ccccc1. The van der Waals surface area contributed by atoms with Crippen LogP contribution in [0.15, 0.2) is 30.3 Å². The maximum absolute atomic E-state index is 8.94. The van der Waals surface area contributed by atoms with Crippen molar-refractivity contribution in [1.29, 1.82) is 0 Å². The van der Waals surface area contributed by atoms with Gasteiger partial charge in [0.15, 0.2) is 0 Å². The first-order valence-corrected chi connectivity index (χ1v) is 4.85. The van der Waals surface area contributed by atoms with E-state index < -0.39 is 4.87 Å². The summed E-state index contributed by atoms with van der Waals surface area (Å²) >= 11 is 6.02. The van der Waals surface area contributed by atoms with E-state index in [0.29, 0.717) is 0 Å². The largest absolute Gasteiger partial charge is 0.395 e. The number of hydrogen-bond donors (Lipinski definition) is 1. The molecule has 1 rings (SSSR count). The van der Waals surface area contributed by atoms with Gasteiger partial charge in [0, 0.05) is 0 Å². The standard InChI is InChI=1S/C11H15ClO/c1-11(12,9-13)8-7-10-5-3-2-4-6-10/h2-6,13H,7-9H2,1H3. The molecule has 1 unspecified atom stereocenters. The Bertz CT molecular complexity index is 244. The van der Waals surface area contributed by atoms with Gasteiger partial charge in [-0.2, -0.15) is 0 Å². The molecule has 72 valence electrons. The summed E-state index contributed by atoms with van der Waals surface area (Å²) in [4.78, 5) is -0.476. The summed E-state index contributed by atoms with van der Waals surface area (Å²) < 4.78 is 0. The van der Waals surface area contributed by atoms with Crippen molar-refractivity contribution in [2.75, 3.05) is 6.61 Å². The van der Waals surface area contributed by atoms with E-state index in [1.54, 1.807) is 0 Å². The molecule has 0 radical (unpaired) electrons. The van der Waals surface area contributed by atoms with E-state index in [-0.39, 0.29) is 6.61 Å². The number of alkyl halides is 1. The lowest BCUT2D eigenvalue weighted by molar-refractivity contribution is 0.246. The topological polar surface area (TPSA) is 20.2 Å². The van der Waals surface area contributed by atoms with Crippen molar-refractivity contribution in [3.63, 3.8) is 0 Å². The molecule has 1 aromatic carbocycles. The highest BCUT2D eigenvalue weighted by molar-refractivity contribution is 6.23. The van der Waals surface area contributed by atoms with E-state index in [1.807, 2.05) is 25.1 Å². The average molecular weight is 199 g/mol. The summed E-state index contributed by atoms with van der Waals surface area (Å²) in [5.74, 6) is 0. The van der Waals surface area contributed by atoms with Crippen molar-refractivity contribution in [3.05, 3.63) is 35.9 Å². The van der Waals surface area contributed by atoms with Crippen molar-refractivity contribution in [2.45, 2.75) is 24.6 Å². The van der Waals surface area contributed by atoms with Crippen molar-refractivity contribution >= 4 is 11.6 Å². The van der Waals surface area contributed by atoms with Gasteiger partial charge < -0.3 is 5.11 Å². The molecule has 0 aliphatic carbocycles. The average Bonchev–Trinajstić information content (AvgIpc) is 2.17. The summed E-state index contributed by atoms with van der Waals surface area (Å²) in [7, 11) is 0. The highest BCUT2D eigenvalue weighted by atomic mass is 35.5. The van der Waals surface area contributed by atoms with Crippen LogP contribution in [0.2, 0.25) is 0 Å². The first-order valence-electron chi connectivity index (χ1n) is 4.48. The molecule has 0 fully saturated rings. The zero-order chi connectivity index (χ0) is 9.73. The maximum Gasteiger partial charge on any atom is 0.0652 e. The molecule has 0 bridgehead atoms. The second-order valence-corrected chi connectivity index (χ2v) is 4.47. The number of hydrogen-bond acceptors (Lipinski definition) is 1.